The molecule has 2 saturated carbocycles. The summed E-state index contributed by atoms with van der Waals surface area (Å²) in [5.74, 6) is -3.70. The first kappa shape index (κ1) is 23.1. The first-order valence-electron chi connectivity index (χ1n) is 8.79. The van der Waals surface area contributed by atoms with Crippen molar-refractivity contribution in [2.75, 3.05) is 6.26 Å². The quantitative estimate of drug-likeness (QED) is 0.390. The standard InChI is InChI=1S/C15H22ClF3N2O6S/c1-28(25,26)20-14(22)10-7-9(3-4-12(10)21(23)24)27-13-5-2-8(6-11(13)16)15(17,18)19/h8-13H,2-7H2,1H3,(H,20,22). The molecule has 8 nitrogen and oxygen atoms in total. The van der Waals surface area contributed by atoms with E-state index in [1.807, 2.05) is 0 Å². The number of rotatable bonds is 5. The Morgan fingerprint density at radius 1 is 1.21 bits per heavy atom. The van der Waals surface area contributed by atoms with E-state index in [0.717, 1.165) is 6.26 Å². The molecule has 0 heterocycles. The van der Waals surface area contributed by atoms with Crippen molar-refractivity contribution in [1.29, 1.82) is 0 Å². The largest absolute Gasteiger partial charge is 0.391 e. The summed E-state index contributed by atoms with van der Waals surface area (Å²) >= 11 is 6.08. The molecule has 13 heteroatoms. The number of hydrogen-bond acceptors (Lipinski definition) is 6. The molecule has 2 aliphatic rings. The molecule has 162 valence electrons. The molecule has 6 atom stereocenters. The van der Waals surface area contributed by atoms with Crippen LogP contribution in [0.4, 0.5) is 13.2 Å². The fourth-order valence-electron chi connectivity index (χ4n) is 3.82. The van der Waals surface area contributed by atoms with Crippen molar-refractivity contribution in [3.8, 4) is 0 Å². The minimum Gasteiger partial charge on any atom is -0.373 e. The summed E-state index contributed by atoms with van der Waals surface area (Å²) < 4.78 is 68.6. The highest BCUT2D eigenvalue weighted by Gasteiger charge is 2.47. The molecule has 0 aliphatic heterocycles. The van der Waals surface area contributed by atoms with Crippen LogP contribution in [0.3, 0.4) is 0 Å². The molecule has 0 spiro atoms. The highest BCUT2D eigenvalue weighted by atomic mass is 35.5. The minimum atomic E-state index is -4.32. The Bertz CT molecular complexity index is 704. The predicted octanol–water partition coefficient (Wildman–Crippen LogP) is 2.23. The number of sulfonamides is 1. The van der Waals surface area contributed by atoms with E-state index in [2.05, 4.69) is 0 Å². The summed E-state index contributed by atoms with van der Waals surface area (Å²) in [4.78, 5) is 22.8. The van der Waals surface area contributed by atoms with Gasteiger partial charge in [0.25, 0.3) is 0 Å². The zero-order valence-electron chi connectivity index (χ0n) is 15.0. The van der Waals surface area contributed by atoms with Crippen molar-refractivity contribution in [3.05, 3.63) is 10.1 Å². The third-order valence-electron chi connectivity index (χ3n) is 5.20. The summed E-state index contributed by atoms with van der Waals surface area (Å²) in [6.45, 7) is 0. The van der Waals surface area contributed by atoms with E-state index in [9.17, 15) is 36.5 Å². The third-order valence-corrected chi connectivity index (χ3v) is 6.23. The number of carbonyl (C=O) groups excluding carboxylic acids is 1. The second kappa shape index (κ2) is 8.70. The van der Waals surface area contributed by atoms with E-state index < -0.39 is 62.5 Å². The highest BCUT2D eigenvalue weighted by Crippen LogP contribution is 2.41. The molecule has 0 aromatic heterocycles. The van der Waals surface area contributed by atoms with E-state index in [-0.39, 0.29) is 38.5 Å². The Morgan fingerprint density at radius 3 is 2.36 bits per heavy atom. The lowest BCUT2D eigenvalue weighted by molar-refractivity contribution is -0.533. The SMILES string of the molecule is CS(=O)(=O)NC(=O)C1CC(OC2CCC(C(F)(F)F)CC2Cl)CCC1[N+](=O)[O-]. The van der Waals surface area contributed by atoms with Crippen molar-refractivity contribution in [1.82, 2.24) is 4.72 Å². The van der Waals surface area contributed by atoms with E-state index >= 15 is 0 Å². The Labute approximate surface area is 165 Å². The molecule has 2 aliphatic carbocycles. The molecule has 6 unspecified atom stereocenters. The van der Waals surface area contributed by atoms with Gasteiger partial charge in [-0.15, -0.1) is 11.6 Å². The van der Waals surface area contributed by atoms with Crippen LogP contribution in [0.5, 0.6) is 0 Å². The van der Waals surface area contributed by atoms with Crippen LogP contribution >= 0.6 is 11.6 Å². The van der Waals surface area contributed by atoms with Crippen LogP contribution in [-0.2, 0) is 19.6 Å². The number of hydrogen-bond donors (Lipinski definition) is 1. The molecule has 0 aromatic carbocycles. The maximum Gasteiger partial charge on any atom is 0.391 e. The molecule has 2 fully saturated rings. The van der Waals surface area contributed by atoms with Crippen LogP contribution in [-0.4, -0.2) is 55.3 Å². The minimum absolute atomic E-state index is 0.00956. The highest BCUT2D eigenvalue weighted by molar-refractivity contribution is 7.89. The van der Waals surface area contributed by atoms with Gasteiger partial charge in [0.15, 0.2) is 0 Å². The monoisotopic (exact) mass is 450 g/mol. The lowest BCUT2D eigenvalue weighted by atomic mass is 9.82. The maximum absolute atomic E-state index is 12.8. The number of carbonyl (C=O) groups is 1. The van der Waals surface area contributed by atoms with Gasteiger partial charge in [-0.25, -0.2) is 8.42 Å². The summed E-state index contributed by atoms with van der Waals surface area (Å²) in [6, 6.07) is -1.26. The van der Waals surface area contributed by atoms with Gasteiger partial charge < -0.3 is 4.74 Å². The Morgan fingerprint density at radius 2 is 1.86 bits per heavy atom. The zero-order chi connectivity index (χ0) is 21.3. The number of ether oxygens (including phenoxy) is 1. The van der Waals surface area contributed by atoms with Gasteiger partial charge in [-0.2, -0.15) is 13.2 Å². The van der Waals surface area contributed by atoms with Gasteiger partial charge in [-0.1, -0.05) is 0 Å². The molecular weight excluding hydrogens is 429 g/mol. The van der Waals surface area contributed by atoms with Gasteiger partial charge in [0.05, 0.1) is 29.8 Å². The van der Waals surface area contributed by atoms with Gasteiger partial charge in [0.2, 0.25) is 22.0 Å². The van der Waals surface area contributed by atoms with Gasteiger partial charge in [-0.3, -0.25) is 19.6 Å². The lowest BCUT2D eigenvalue weighted by Gasteiger charge is -2.38. The first-order chi connectivity index (χ1) is 12.8. The van der Waals surface area contributed by atoms with Crippen molar-refractivity contribution < 1.29 is 36.0 Å². The third kappa shape index (κ3) is 6.18. The van der Waals surface area contributed by atoms with Gasteiger partial charge in [0, 0.05) is 11.3 Å². The molecule has 0 radical (unpaired) electrons. The summed E-state index contributed by atoms with van der Waals surface area (Å²) in [6.07, 6.45) is -5.03. The molecule has 0 saturated heterocycles. The van der Waals surface area contributed by atoms with Crippen LogP contribution in [0.1, 0.15) is 38.5 Å². The fraction of sp³-hybridized carbons (Fsp3) is 0.933. The maximum atomic E-state index is 12.8. The van der Waals surface area contributed by atoms with Gasteiger partial charge in [-0.05, 0) is 32.1 Å². The van der Waals surface area contributed by atoms with E-state index in [4.69, 9.17) is 16.3 Å². The number of alkyl halides is 4. The zero-order valence-corrected chi connectivity index (χ0v) is 16.6. The summed E-state index contributed by atoms with van der Waals surface area (Å²) in [5, 5.41) is 10.4. The molecule has 1 amide bonds. The topological polar surface area (TPSA) is 116 Å². The van der Waals surface area contributed by atoms with Crippen molar-refractivity contribution >= 4 is 27.5 Å². The van der Waals surface area contributed by atoms with Crippen LogP contribution < -0.4 is 4.72 Å². The molecule has 0 bridgehead atoms. The lowest BCUT2D eigenvalue weighted by Crippen LogP contribution is -2.49. The number of amides is 1. The average molecular weight is 451 g/mol. The van der Waals surface area contributed by atoms with E-state index in [1.54, 1.807) is 4.72 Å². The number of nitro groups is 1. The molecule has 1 N–H and O–H groups in total. The smallest absolute Gasteiger partial charge is 0.373 e. The van der Waals surface area contributed by atoms with Crippen molar-refractivity contribution in [2.45, 2.75) is 68.3 Å². The number of nitrogens with zero attached hydrogens (tertiary/aromatic N) is 1. The second-order valence-corrected chi connectivity index (χ2v) is 9.68. The van der Waals surface area contributed by atoms with Crippen LogP contribution in [0, 0.1) is 22.0 Å². The summed E-state index contributed by atoms with van der Waals surface area (Å²) in [5.41, 5.74) is 0. The van der Waals surface area contributed by atoms with Gasteiger partial charge in [0.1, 0.15) is 5.92 Å². The Kier molecular flexibility index (Phi) is 7.19. The van der Waals surface area contributed by atoms with Crippen LogP contribution in [0.15, 0.2) is 0 Å². The fourth-order valence-corrected chi connectivity index (χ4v) is 4.73. The predicted molar refractivity (Wildman–Crippen MR) is 92.8 cm³/mol. The second-order valence-electron chi connectivity index (χ2n) is 7.37. The average Bonchev–Trinajstić information content (AvgIpc) is 2.54. The Balaban J connectivity index is 2.02. The summed E-state index contributed by atoms with van der Waals surface area (Å²) in [7, 11) is -3.89. The van der Waals surface area contributed by atoms with E-state index in [1.165, 1.54) is 0 Å². The Hall–Kier alpha value is -1.14. The number of nitrogens with one attached hydrogen (secondary N) is 1. The van der Waals surface area contributed by atoms with Crippen LogP contribution in [0.25, 0.3) is 0 Å². The normalized spacial score (nSPS) is 34.6. The first-order valence-corrected chi connectivity index (χ1v) is 11.1. The number of halogens is 4. The van der Waals surface area contributed by atoms with Crippen molar-refractivity contribution in [2.24, 2.45) is 11.8 Å². The van der Waals surface area contributed by atoms with Crippen molar-refractivity contribution in [3.63, 3.8) is 0 Å². The molecular formula is C15H22ClF3N2O6S. The van der Waals surface area contributed by atoms with Crippen LogP contribution in [0.2, 0.25) is 0 Å². The molecule has 28 heavy (non-hydrogen) atoms. The van der Waals surface area contributed by atoms with Gasteiger partial charge >= 0.3 is 6.18 Å². The molecule has 0 aromatic rings. The van der Waals surface area contributed by atoms with E-state index in [0.29, 0.717) is 0 Å². The molecule has 2 rings (SSSR count).